The zero-order valence-corrected chi connectivity index (χ0v) is 33.8. The van der Waals surface area contributed by atoms with Gasteiger partial charge in [-0.3, -0.25) is 4.90 Å². The van der Waals surface area contributed by atoms with Gasteiger partial charge in [0.25, 0.3) is 0 Å². The molecule has 3 heterocycles. The summed E-state index contributed by atoms with van der Waals surface area (Å²) < 4.78 is 15.3. The summed E-state index contributed by atoms with van der Waals surface area (Å²) in [7, 11) is -1.44. The lowest BCUT2D eigenvalue weighted by Gasteiger charge is -2.47. The Kier molecular flexibility index (Phi) is 7.85. The highest BCUT2D eigenvalue weighted by Crippen LogP contribution is 2.66. The Bertz CT molecular complexity index is 3060. The van der Waals surface area contributed by atoms with E-state index in [1.807, 2.05) is 24.3 Å². The lowest BCUT2D eigenvalue weighted by atomic mass is 9.61. The number of allylic oxidation sites excluding steroid dienone is 3. The second-order valence-corrected chi connectivity index (χ2v) is 17.5. The molecule has 286 valence electrons. The number of para-hydroxylation sites is 3. The molecule has 3 atom stereocenters. The van der Waals surface area contributed by atoms with Crippen LogP contribution in [0.5, 0.6) is 0 Å². The number of aromatic nitrogens is 1. The molecule has 0 N–H and O–H groups in total. The first kappa shape index (κ1) is 34.9. The summed E-state index contributed by atoms with van der Waals surface area (Å²) in [6.07, 6.45) is 5.54. The van der Waals surface area contributed by atoms with E-state index in [1.165, 1.54) is 22.3 Å². The van der Waals surface area contributed by atoms with Gasteiger partial charge in [0, 0.05) is 22.5 Å². The van der Waals surface area contributed by atoms with Gasteiger partial charge in [0.2, 0.25) is 0 Å². The Morgan fingerprint density at radius 3 is 2.02 bits per heavy atom. The van der Waals surface area contributed by atoms with E-state index in [2.05, 4.69) is 193 Å². The zero-order chi connectivity index (χ0) is 40.0. The summed E-state index contributed by atoms with van der Waals surface area (Å²) in [5, 5.41) is 0. The fourth-order valence-electron chi connectivity index (χ4n) is 10.3. The molecule has 1 aromatic heterocycles. The Balaban J connectivity index is 1.16. The average molecular weight is 790 g/mol. The van der Waals surface area contributed by atoms with Crippen LogP contribution in [-0.4, -0.2) is 9.19 Å². The molecular formula is C55H39N3OS. The number of anilines is 5. The van der Waals surface area contributed by atoms with Gasteiger partial charge in [0.05, 0.1) is 48.8 Å². The van der Waals surface area contributed by atoms with Crippen LogP contribution in [0, 0.1) is 5.92 Å². The van der Waals surface area contributed by atoms with Gasteiger partial charge in [0.15, 0.2) is 0 Å². The van der Waals surface area contributed by atoms with E-state index in [9.17, 15) is 0 Å². The molecule has 1 spiro atoms. The SMILES string of the molecule is CC1C=CC2=C(C1)C1(c3ccccc3-c3c1ccc1c3S(=O)c3ccccc3N1c1ccccc1)c1ccccc1N2c1cc(-c2ccccc2)cc(-c2ccccc2)n1. The second kappa shape index (κ2) is 13.5. The maximum atomic E-state index is 15.3. The molecule has 2 aliphatic carbocycles. The number of hydrogen-bond acceptors (Lipinski definition) is 4. The molecule has 8 aromatic rings. The summed E-state index contributed by atoms with van der Waals surface area (Å²) >= 11 is 0. The zero-order valence-electron chi connectivity index (χ0n) is 33.0. The summed E-state index contributed by atoms with van der Waals surface area (Å²) in [5.41, 5.74) is 15.9. The summed E-state index contributed by atoms with van der Waals surface area (Å²) in [5.74, 6) is 1.18. The van der Waals surface area contributed by atoms with Crippen LogP contribution in [0.4, 0.5) is 28.6 Å². The summed E-state index contributed by atoms with van der Waals surface area (Å²) in [4.78, 5) is 11.9. The van der Waals surface area contributed by atoms with Gasteiger partial charge in [-0.05, 0) is 106 Å². The van der Waals surface area contributed by atoms with Crippen LogP contribution < -0.4 is 9.80 Å². The average Bonchev–Trinajstić information content (AvgIpc) is 3.61. The molecule has 12 rings (SSSR count). The van der Waals surface area contributed by atoms with Crippen molar-refractivity contribution >= 4 is 39.4 Å². The van der Waals surface area contributed by atoms with Crippen LogP contribution in [0.2, 0.25) is 0 Å². The van der Waals surface area contributed by atoms with E-state index < -0.39 is 16.2 Å². The first-order valence-electron chi connectivity index (χ1n) is 20.7. The number of nitrogens with zero attached hydrogens (tertiary/aromatic N) is 3. The van der Waals surface area contributed by atoms with Gasteiger partial charge >= 0.3 is 0 Å². The van der Waals surface area contributed by atoms with Gasteiger partial charge < -0.3 is 4.90 Å². The third-order valence-electron chi connectivity index (χ3n) is 12.8. The van der Waals surface area contributed by atoms with Crippen LogP contribution in [0.15, 0.2) is 221 Å². The third kappa shape index (κ3) is 4.96. The standard InChI is InChI=1S/C55H39N3OS/c1-36-29-31-48-45(33-36)55(43-25-13-14-26-47(43)58(48)52-35-39(37-17-5-2-6-18-37)34-46(56-52)38-19-7-3-8-20-38)42-24-12-11-23-41(42)53-44(55)30-32-50-54(53)60(59)51-28-16-15-27-49(51)57(50)40-21-9-4-10-22-40/h2-32,34-36H,33H2,1H3. The van der Waals surface area contributed by atoms with E-state index in [-0.39, 0.29) is 0 Å². The Labute approximate surface area is 352 Å². The predicted octanol–water partition coefficient (Wildman–Crippen LogP) is 13.7. The van der Waals surface area contributed by atoms with Crippen molar-refractivity contribution in [1.82, 2.24) is 4.98 Å². The van der Waals surface area contributed by atoms with Crippen molar-refractivity contribution in [2.45, 2.75) is 28.6 Å². The second-order valence-electron chi connectivity index (χ2n) is 16.1. The van der Waals surface area contributed by atoms with Gasteiger partial charge in [-0.15, -0.1) is 0 Å². The Morgan fingerprint density at radius 2 is 1.23 bits per heavy atom. The van der Waals surface area contributed by atoms with Gasteiger partial charge in [0.1, 0.15) is 5.82 Å². The van der Waals surface area contributed by atoms with Crippen LogP contribution in [0.3, 0.4) is 0 Å². The maximum Gasteiger partial charge on any atom is 0.138 e. The molecule has 7 aromatic carbocycles. The van der Waals surface area contributed by atoms with E-state index in [0.29, 0.717) is 5.92 Å². The molecule has 60 heavy (non-hydrogen) atoms. The van der Waals surface area contributed by atoms with E-state index in [0.717, 1.165) is 84.0 Å². The highest BCUT2D eigenvalue weighted by Gasteiger charge is 2.54. The number of pyridine rings is 1. The Hall–Kier alpha value is -7.08. The molecule has 5 heteroatoms. The smallest absolute Gasteiger partial charge is 0.138 e. The van der Waals surface area contributed by atoms with E-state index in [1.54, 1.807) is 0 Å². The van der Waals surface area contributed by atoms with Crippen molar-refractivity contribution < 1.29 is 4.21 Å². The summed E-state index contributed by atoms with van der Waals surface area (Å²) in [6, 6.07) is 66.6. The van der Waals surface area contributed by atoms with Crippen molar-refractivity contribution in [1.29, 1.82) is 0 Å². The summed E-state index contributed by atoms with van der Waals surface area (Å²) in [6.45, 7) is 2.32. The molecule has 4 nitrogen and oxygen atoms in total. The van der Waals surface area contributed by atoms with Gasteiger partial charge in [-0.1, -0.05) is 153 Å². The lowest BCUT2D eigenvalue weighted by molar-refractivity contribution is 0.594. The molecule has 0 saturated carbocycles. The fraction of sp³-hybridized carbons (Fsp3) is 0.0727. The van der Waals surface area contributed by atoms with Crippen molar-refractivity contribution in [2.75, 3.05) is 9.80 Å². The van der Waals surface area contributed by atoms with Crippen LogP contribution >= 0.6 is 0 Å². The fourth-order valence-corrected chi connectivity index (χ4v) is 11.8. The monoisotopic (exact) mass is 789 g/mol. The lowest BCUT2D eigenvalue weighted by Crippen LogP contribution is -2.40. The number of rotatable bonds is 4. The van der Waals surface area contributed by atoms with Crippen LogP contribution in [0.25, 0.3) is 33.5 Å². The molecule has 0 saturated heterocycles. The maximum absolute atomic E-state index is 15.3. The minimum atomic E-state index is -1.44. The minimum absolute atomic E-state index is 0.305. The minimum Gasteiger partial charge on any atom is -0.308 e. The molecule has 3 unspecified atom stereocenters. The topological polar surface area (TPSA) is 36.4 Å². The highest BCUT2D eigenvalue weighted by atomic mass is 32.2. The molecule has 2 aliphatic heterocycles. The van der Waals surface area contributed by atoms with Gasteiger partial charge in [-0.25, -0.2) is 9.19 Å². The van der Waals surface area contributed by atoms with Crippen LogP contribution in [-0.2, 0) is 16.2 Å². The predicted molar refractivity (Wildman–Crippen MR) is 245 cm³/mol. The van der Waals surface area contributed by atoms with Crippen molar-refractivity contribution in [3.8, 4) is 33.5 Å². The van der Waals surface area contributed by atoms with Crippen LogP contribution in [0.1, 0.15) is 30.0 Å². The number of fused-ring (bicyclic) bond motifs is 11. The van der Waals surface area contributed by atoms with Crippen molar-refractivity contribution in [3.63, 3.8) is 0 Å². The molecule has 0 fully saturated rings. The molecular weight excluding hydrogens is 751 g/mol. The van der Waals surface area contributed by atoms with E-state index >= 15 is 4.21 Å². The normalized spacial score (nSPS) is 19.3. The van der Waals surface area contributed by atoms with E-state index in [4.69, 9.17) is 4.98 Å². The third-order valence-corrected chi connectivity index (χ3v) is 14.3. The molecule has 0 amide bonds. The van der Waals surface area contributed by atoms with Gasteiger partial charge in [-0.2, -0.15) is 0 Å². The largest absolute Gasteiger partial charge is 0.308 e. The highest BCUT2D eigenvalue weighted by molar-refractivity contribution is 7.85. The number of hydrogen-bond donors (Lipinski definition) is 0. The molecule has 0 bridgehead atoms. The van der Waals surface area contributed by atoms with Crippen molar-refractivity contribution in [2.24, 2.45) is 5.92 Å². The first-order chi connectivity index (χ1) is 29.6. The quantitative estimate of drug-likeness (QED) is 0.178. The first-order valence-corrected chi connectivity index (χ1v) is 21.8. The molecule has 0 radical (unpaired) electrons. The number of benzene rings is 7. The Morgan fingerprint density at radius 1 is 0.583 bits per heavy atom. The molecule has 4 aliphatic rings. The van der Waals surface area contributed by atoms with Crippen molar-refractivity contribution in [3.05, 3.63) is 228 Å².